The second-order valence-corrected chi connectivity index (χ2v) is 5.10. The number of carboxylic acid groups (broad SMARTS) is 1. The Kier molecular flexibility index (Phi) is 2.96. The number of nitrogens with zero attached hydrogens (tertiary/aromatic N) is 2. The van der Waals surface area contributed by atoms with Gasteiger partial charge in [0.05, 0.1) is 10.6 Å². The largest absolute Gasteiger partial charge is 0.478 e. The van der Waals surface area contributed by atoms with Crippen molar-refractivity contribution in [1.29, 1.82) is 0 Å². The van der Waals surface area contributed by atoms with Crippen LogP contribution in [0.5, 0.6) is 0 Å². The Morgan fingerprint density at radius 1 is 1.56 bits per heavy atom. The summed E-state index contributed by atoms with van der Waals surface area (Å²) in [6.07, 6.45) is 5.18. The molecule has 1 aromatic rings. The fourth-order valence-corrected chi connectivity index (χ4v) is 2.41. The van der Waals surface area contributed by atoms with E-state index in [-0.39, 0.29) is 0 Å². The lowest BCUT2D eigenvalue weighted by Gasteiger charge is -2.05. The number of aromatic nitrogens is 1. The smallest absolute Gasteiger partial charge is 0.328 e. The predicted octanol–water partition coefficient (Wildman–Crippen LogP) is 2.18. The van der Waals surface area contributed by atoms with Crippen LogP contribution < -0.4 is 4.90 Å². The van der Waals surface area contributed by atoms with Gasteiger partial charge in [-0.15, -0.1) is 0 Å². The van der Waals surface area contributed by atoms with Crippen LogP contribution >= 0.6 is 11.3 Å². The average molecular weight is 238 g/mol. The summed E-state index contributed by atoms with van der Waals surface area (Å²) in [6, 6.07) is 0. The molecule has 16 heavy (non-hydrogen) atoms. The summed E-state index contributed by atoms with van der Waals surface area (Å²) in [5, 5.41) is 9.56. The lowest BCUT2D eigenvalue weighted by Crippen LogP contribution is -2.07. The van der Waals surface area contributed by atoms with E-state index in [0.717, 1.165) is 15.7 Å². The molecule has 0 radical (unpaired) electrons. The molecule has 5 heteroatoms. The van der Waals surface area contributed by atoms with Gasteiger partial charge in [-0.2, -0.15) is 0 Å². The summed E-state index contributed by atoms with van der Waals surface area (Å²) in [5.74, 6) is -0.375. The molecule has 1 aliphatic carbocycles. The highest BCUT2D eigenvalue weighted by Crippen LogP contribution is 2.44. The standard InChI is InChI=1S/C11H14N2O2S/c1-13(2)11-12-10(7-3-4-7)8(16-11)5-6-9(14)15/h5-7H,3-4H2,1-2H3,(H,14,15)/b6-5+. The monoisotopic (exact) mass is 238 g/mol. The first-order chi connectivity index (χ1) is 7.58. The zero-order valence-electron chi connectivity index (χ0n) is 9.30. The van der Waals surface area contributed by atoms with Crippen molar-refractivity contribution in [3.8, 4) is 0 Å². The van der Waals surface area contributed by atoms with Crippen molar-refractivity contribution in [3.05, 3.63) is 16.6 Å². The Bertz CT molecular complexity index is 433. The van der Waals surface area contributed by atoms with Gasteiger partial charge in [0.15, 0.2) is 5.13 Å². The van der Waals surface area contributed by atoms with Crippen molar-refractivity contribution >= 4 is 28.5 Å². The van der Waals surface area contributed by atoms with Crippen LogP contribution in [0.2, 0.25) is 0 Å². The number of carbonyl (C=O) groups is 1. The SMILES string of the molecule is CN(C)c1nc(C2CC2)c(/C=C/C(=O)O)s1. The minimum Gasteiger partial charge on any atom is -0.478 e. The summed E-state index contributed by atoms with van der Waals surface area (Å²) in [5.41, 5.74) is 1.06. The molecule has 0 bridgehead atoms. The van der Waals surface area contributed by atoms with Crippen molar-refractivity contribution in [2.24, 2.45) is 0 Å². The van der Waals surface area contributed by atoms with E-state index in [4.69, 9.17) is 5.11 Å². The van der Waals surface area contributed by atoms with Gasteiger partial charge in [-0.3, -0.25) is 0 Å². The Hall–Kier alpha value is -1.36. The maximum atomic E-state index is 10.5. The number of rotatable bonds is 4. The van der Waals surface area contributed by atoms with Crippen LogP contribution in [0.3, 0.4) is 0 Å². The van der Waals surface area contributed by atoms with Gasteiger partial charge in [-0.25, -0.2) is 9.78 Å². The van der Waals surface area contributed by atoms with Gasteiger partial charge in [0.25, 0.3) is 0 Å². The molecule has 0 aromatic carbocycles. The van der Waals surface area contributed by atoms with Crippen molar-refractivity contribution < 1.29 is 9.90 Å². The third-order valence-corrected chi connectivity index (χ3v) is 3.60. The third-order valence-electron chi connectivity index (χ3n) is 2.39. The normalized spacial score (nSPS) is 15.6. The van der Waals surface area contributed by atoms with E-state index in [1.165, 1.54) is 18.9 Å². The number of hydrogen-bond donors (Lipinski definition) is 1. The molecule has 2 rings (SSSR count). The molecule has 1 heterocycles. The fourth-order valence-electron chi connectivity index (χ4n) is 1.44. The van der Waals surface area contributed by atoms with Crippen molar-refractivity contribution in [2.45, 2.75) is 18.8 Å². The van der Waals surface area contributed by atoms with Gasteiger partial charge in [-0.05, 0) is 18.9 Å². The molecule has 1 saturated carbocycles. The molecule has 0 unspecified atom stereocenters. The topological polar surface area (TPSA) is 53.4 Å². The van der Waals surface area contributed by atoms with Crippen molar-refractivity contribution in [2.75, 3.05) is 19.0 Å². The second-order valence-electron chi connectivity index (χ2n) is 4.09. The van der Waals surface area contributed by atoms with Gasteiger partial charge in [0.1, 0.15) is 0 Å². The molecule has 1 aliphatic rings. The fraction of sp³-hybridized carbons (Fsp3) is 0.455. The quantitative estimate of drug-likeness (QED) is 0.817. The van der Waals surface area contributed by atoms with Gasteiger partial charge < -0.3 is 10.0 Å². The summed E-state index contributed by atoms with van der Waals surface area (Å²) in [7, 11) is 3.89. The van der Waals surface area contributed by atoms with Crippen LogP contribution in [0, 0.1) is 0 Å². The Morgan fingerprint density at radius 3 is 2.75 bits per heavy atom. The van der Waals surface area contributed by atoms with E-state index < -0.39 is 5.97 Å². The lowest BCUT2D eigenvalue weighted by atomic mass is 10.2. The van der Waals surface area contributed by atoms with E-state index in [2.05, 4.69) is 4.98 Å². The van der Waals surface area contributed by atoms with Crippen LogP contribution in [0.25, 0.3) is 6.08 Å². The minimum atomic E-state index is -0.915. The van der Waals surface area contributed by atoms with Gasteiger partial charge in [-0.1, -0.05) is 11.3 Å². The van der Waals surface area contributed by atoms with E-state index in [1.807, 2.05) is 19.0 Å². The molecule has 0 aliphatic heterocycles. The first kappa shape index (κ1) is 11.1. The summed E-state index contributed by atoms with van der Waals surface area (Å²) < 4.78 is 0. The Labute approximate surface area is 98.2 Å². The Balaban J connectivity index is 2.30. The van der Waals surface area contributed by atoms with E-state index in [1.54, 1.807) is 17.4 Å². The molecule has 1 fully saturated rings. The van der Waals surface area contributed by atoms with Crippen LogP contribution in [0.15, 0.2) is 6.08 Å². The van der Waals surface area contributed by atoms with Gasteiger partial charge >= 0.3 is 5.97 Å². The summed E-state index contributed by atoms with van der Waals surface area (Å²) >= 11 is 1.54. The second kappa shape index (κ2) is 4.25. The van der Waals surface area contributed by atoms with E-state index in [0.29, 0.717) is 5.92 Å². The molecule has 1 aromatic heterocycles. The third kappa shape index (κ3) is 2.41. The van der Waals surface area contributed by atoms with Crippen LogP contribution in [0.4, 0.5) is 5.13 Å². The lowest BCUT2D eigenvalue weighted by molar-refractivity contribution is -0.131. The maximum absolute atomic E-state index is 10.5. The van der Waals surface area contributed by atoms with Gasteiger partial charge in [0, 0.05) is 26.1 Å². The highest BCUT2D eigenvalue weighted by atomic mass is 32.1. The average Bonchev–Trinajstić information content (AvgIpc) is 2.95. The summed E-state index contributed by atoms with van der Waals surface area (Å²) in [4.78, 5) is 18.0. The maximum Gasteiger partial charge on any atom is 0.328 e. The predicted molar refractivity (Wildman–Crippen MR) is 65.1 cm³/mol. The number of anilines is 1. The molecular weight excluding hydrogens is 224 g/mol. The molecule has 0 saturated heterocycles. The molecule has 0 atom stereocenters. The molecule has 1 N–H and O–H groups in total. The molecular formula is C11H14N2O2S. The minimum absolute atomic E-state index is 0.540. The van der Waals surface area contributed by atoms with Crippen LogP contribution in [-0.4, -0.2) is 30.2 Å². The zero-order valence-corrected chi connectivity index (χ0v) is 10.1. The van der Waals surface area contributed by atoms with Gasteiger partial charge in [0.2, 0.25) is 0 Å². The molecule has 4 nitrogen and oxygen atoms in total. The highest BCUT2D eigenvalue weighted by molar-refractivity contribution is 7.16. The number of thiazole rings is 1. The first-order valence-electron chi connectivity index (χ1n) is 5.17. The zero-order chi connectivity index (χ0) is 11.7. The van der Waals surface area contributed by atoms with Crippen molar-refractivity contribution in [3.63, 3.8) is 0 Å². The first-order valence-corrected chi connectivity index (χ1v) is 5.98. The highest BCUT2D eigenvalue weighted by Gasteiger charge is 2.29. The van der Waals surface area contributed by atoms with Crippen LogP contribution in [-0.2, 0) is 4.79 Å². The number of carboxylic acids is 1. The number of hydrogen-bond acceptors (Lipinski definition) is 4. The Morgan fingerprint density at radius 2 is 2.25 bits per heavy atom. The van der Waals surface area contributed by atoms with E-state index >= 15 is 0 Å². The molecule has 0 amide bonds. The molecule has 86 valence electrons. The van der Waals surface area contributed by atoms with E-state index in [9.17, 15) is 4.79 Å². The number of aliphatic carboxylic acids is 1. The molecule has 0 spiro atoms. The van der Waals surface area contributed by atoms with Crippen LogP contribution in [0.1, 0.15) is 29.3 Å². The van der Waals surface area contributed by atoms with Crippen molar-refractivity contribution in [1.82, 2.24) is 4.98 Å². The summed E-state index contributed by atoms with van der Waals surface area (Å²) in [6.45, 7) is 0.